The molecule has 0 saturated heterocycles. The lowest BCUT2D eigenvalue weighted by molar-refractivity contribution is -0.143. The van der Waals surface area contributed by atoms with Gasteiger partial charge in [0.25, 0.3) is 0 Å². The molecule has 0 aliphatic heterocycles. The maximum absolute atomic E-state index is 12.4. The molecule has 0 bridgehead atoms. The van der Waals surface area contributed by atoms with Crippen LogP contribution in [0.2, 0.25) is 0 Å². The van der Waals surface area contributed by atoms with E-state index < -0.39 is 0 Å². The zero-order chi connectivity index (χ0) is 14.5. The number of methoxy groups -OCH3 is 1. The second-order valence-corrected chi connectivity index (χ2v) is 5.83. The molecule has 114 valence electrons. The Morgan fingerprint density at radius 1 is 1.05 bits per heavy atom. The predicted molar refractivity (Wildman–Crippen MR) is 76.3 cm³/mol. The normalized spacial score (nSPS) is 19.4. The predicted octanol–water partition coefficient (Wildman–Crippen LogP) is 1.41. The minimum absolute atomic E-state index is 0.158. The standard InChI is InChI=1S/C15H26N2O3/c1-3-17(13-8-9-13)14(18)10-16(11-15(19)20-2)12-6-4-5-7-12/h12-13H,3-11H2,1-2H3. The topological polar surface area (TPSA) is 49.9 Å². The molecule has 2 fully saturated rings. The van der Waals surface area contributed by atoms with Gasteiger partial charge in [-0.05, 0) is 32.6 Å². The molecular weight excluding hydrogens is 256 g/mol. The smallest absolute Gasteiger partial charge is 0.319 e. The van der Waals surface area contributed by atoms with E-state index in [2.05, 4.69) is 0 Å². The van der Waals surface area contributed by atoms with E-state index in [9.17, 15) is 9.59 Å². The molecule has 2 rings (SSSR count). The highest BCUT2D eigenvalue weighted by molar-refractivity contribution is 5.80. The van der Waals surface area contributed by atoms with Gasteiger partial charge in [-0.15, -0.1) is 0 Å². The van der Waals surface area contributed by atoms with E-state index in [-0.39, 0.29) is 18.4 Å². The highest BCUT2D eigenvalue weighted by atomic mass is 16.5. The van der Waals surface area contributed by atoms with Gasteiger partial charge in [0.2, 0.25) is 5.91 Å². The number of nitrogens with zero attached hydrogens (tertiary/aromatic N) is 2. The number of rotatable bonds is 7. The maximum Gasteiger partial charge on any atom is 0.319 e. The molecule has 2 saturated carbocycles. The number of amides is 1. The molecule has 5 nitrogen and oxygen atoms in total. The number of hydrogen-bond acceptors (Lipinski definition) is 4. The molecule has 0 aromatic heterocycles. The third kappa shape index (κ3) is 3.95. The highest BCUT2D eigenvalue weighted by Gasteiger charge is 2.33. The van der Waals surface area contributed by atoms with Crippen LogP contribution in [0.15, 0.2) is 0 Å². The molecule has 2 aliphatic carbocycles. The quantitative estimate of drug-likeness (QED) is 0.663. The summed E-state index contributed by atoms with van der Waals surface area (Å²) < 4.78 is 4.76. The third-order valence-corrected chi connectivity index (χ3v) is 4.39. The van der Waals surface area contributed by atoms with E-state index in [1.807, 2.05) is 16.7 Å². The van der Waals surface area contributed by atoms with Crippen molar-refractivity contribution in [1.82, 2.24) is 9.80 Å². The fourth-order valence-electron chi connectivity index (χ4n) is 3.10. The molecule has 5 heteroatoms. The first kappa shape index (κ1) is 15.3. The highest BCUT2D eigenvalue weighted by Crippen LogP contribution is 2.28. The summed E-state index contributed by atoms with van der Waals surface area (Å²) in [5.41, 5.74) is 0. The Bertz CT molecular complexity index is 349. The molecule has 0 aromatic rings. The fourth-order valence-corrected chi connectivity index (χ4v) is 3.10. The summed E-state index contributed by atoms with van der Waals surface area (Å²) in [6.07, 6.45) is 6.80. The van der Waals surface area contributed by atoms with E-state index in [4.69, 9.17) is 4.74 Å². The SMILES string of the molecule is CCN(C(=O)CN(CC(=O)OC)C1CCCC1)C1CC1. The first-order valence-corrected chi connectivity index (χ1v) is 7.76. The Labute approximate surface area is 121 Å². The van der Waals surface area contributed by atoms with Crippen LogP contribution in [-0.2, 0) is 14.3 Å². The van der Waals surface area contributed by atoms with Crippen LogP contribution in [0.25, 0.3) is 0 Å². The van der Waals surface area contributed by atoms with Gasteiger partial charge in [-0.2, -0.15) is 0 Å². The van der Waals surface area contributed by atoms with Crippen LogP contribution in [0, 0.1) is 0 Å². The summed E-state index contributed by atoms with van der Waals surface area (Å²) in [6, 6.07) is 0.798. The molecule has 0 unspecified atom stereocenters. The average molecular weight is 282 g/mol. The van der Waals surface area contributed by atoms with Crippen LogP contribution in [0.5, 0.6) is 0 Å². The van der Waals surface area contributed by atoms with E-state index in [1.165, 1.54) is 20.0 Å². The molecule has 0 N–H and O–H groups in total. The summed E-state index contributed by atoms with van der Waals surface area (Å²) in [4.78, 5) is 28.0. The Morgan fingerprint density at radius 3 is 2.20 bits per heavy atom. The third-order valence-electron chi connectivity index (χ3n) is 4.39. The Hall–Kier alpha value is -1.10. The second kappa shape index (κ2) is 7.07. The fraction of sp³-hybridized carbons (Fsp3) is 0.867. The molecule has 1 amide bonds. The van der Waals surface area contributed by atoms with Crippen LogP contribution in [0.4, 0.5) is 0 Å². The van der Waals surface area contributed by atoms with E-state index in [1.54, 1.807) is 0 Å². The van der Waals surface area contributed by atoms with Crippen LogP contribution in [-0.4, -0.2) is 60.5 Å². The first-order valence-electron chi connectivity index (χ1n) is 7.76. The van der Waals surface area contributed by atoms with Gasteiger partial charge in [0.1, 0.15) is 0 Å². The van der Waals surface area contributed by atoms with Crippen molar-refractivity contribution in [2.45, 2.75) is 57.5 Å². The van der Waals surface area contributed by atoms with Crippen molar-refractivity contribution in [2.24, 2.45) is 0 Å². The number of ether oxygens (including phenoxy) is 1. The van der Waals surface area contributed by atoms with Crippen LogP contribution in [0.1, 0.15) is 45.4 Å². The van der Waals surface area contributed by atoms with Crippen molar-refractivity contribution in [2.75, 3.05) is 26.7 Å². The van der Waals surface area contributed by atoms with Crippen molar-refractivity contribution in [3.05, 3.63) is 0 Å². The van der Waals surface area contributed by atoms with E-state index >= 15 is 0 Å². The van der Waals surface area contributed by atoms with Crippen LogP contribution in [0.3, 0.4) is 0 Å². The van der Waals surface area contributed by atoms with Crippen molar-refractivity contribution in [1.29, 1.82) is 0 Å². The summed E-state index contributed by atoms with van der Waals surface area (Å²) in [5.74, 6) is -0.0926. The van der Waals surface area contributed by atoms with Crippen LogP contribution >= 0.6 is 0 Å². The summed E-state index contributed by atoms with van der Waals surface area (Å²) in [6.45, 7) is 3.37. The lowest BCUT2D eigenvalue weighted by atomic mass is 10.2. The van der Waals surface area contributed by atoms with Gasteiger partial charge in [0, 0.05) is 18.6 Å². The van der Waals surface area contributed by atoms with Crippen molar-refractivity contribution >= 4 is 11.9 Å². The lowest BCUT2D eigenvalue weighted by Crippen LogP contribution is -2.46. The molecule has 20 heavy (non-hydrogen) atoms. The molecule has 0 atom stereocenters. The number of carbonyl (C=O) groups excluding carboxylic acids is 2. The van der Waals surface area contributed by atoms with Gasteiger partial charge in [-0.25, -0.2) is 0 Å². The Morgan fingerprint density at radius 2 is 1.70 bits per heavy atom. The Kier molecular flexibility index (Phi) is 5.40. The molecule has 0 aromatic carbocycles. The Balaban J connectivity index is 1.94. The number of likely N-dealkylation sites (N-methyl/N-ethyl adjacent to an activating group) is 1. The van der Waals surface area contributed by atoms with Gasteiger partial charge in [-0.1, -0.05) is 12.8 Å². The number of esters is 1. The van der Waals surface area contributed by atoms with Crippen molar-refractivity contribution in [3.63, 3.8) is 0 Å². The van der Waals surface area contributed by atoms with Crippen molar-refractivity contribution < 1.29 is 14.3 Å². The first-order chi connectivity index (χ1) is 9.65. The van der Waals surface area contributed by atoms with Gasteiger partial charge in [0.15, 0.2) is 0 Å². The van der Waals surface area contributed by atoms with Gasteiger partial charge in [0.05, 0.1) is 20.2 Å². The largest absolute Gasteiger partial charge is 0.468 e. The van der Waals surface area contributed by atoms with Gasteiger partial charge < -0.3 is 9.64 Å². The summed E-state index contributed by atoms with van der Waals surface area (Å²) in [5, 5.41) is 0. The van der Waals surface area contributed by atoms with Gasteiger partial charge >= 0.3 is 5.97 Å². The second-order valence-electron chi connectivity index (χ2n) is 5.83. The van der Waals surface area contributed by atoms with Crippen molar-refractivity contribution in [3.8, 4) is 0 Å². The van der Waals surface area contributed by atoms with E-state index in [0.29, 0.717) is 18.6 Å². The van der Waals surface area contributed by atoms with Gasteiger partial charge in [-0.3, -0.25) is 14.5 Å². The van der Waals surface area contributed by atoms with Crippen LogP contribution < -0.4 is 0 Å². The minimum Gasteiger partial charge on any atom is -0.468 e. The molecule has 0 radical (unpaired) electrons. The zero-order valence-corrected chi connectivity index (χ0v) is 12.6. The minimum atomic E-state index is -0.251. The molecule has 2 aliphatic rings. The maximum atomic E-state index is 12.4. The molecule has 0 heterocycles. The number of carbonyl (C=O) groups is 2. The zero-order valence-electron chi connectivity index (χ0n) is 12.6. The van der Waals surface area contributed by atoms with E-state index in [0.717, 1.165) is 32.2 Å². The molecule has 0 spiro atoms. The number of hydrogen-bond donors (Lipinski definition) is 0. The monoisotopic (exact) mass is 282 g/mol. The summed E-state index contributed by atoms with van der Waals surface area (Å²) >= 11 is 0. The molecular formula is C15H26N2O3. The summed E-state index contributed by atoms with van der Waals surface area (Å²) in [7, 11) is 1.40. The lowest BCUT2D eigenvalue weighted by Gasteiger charge is -2.30. The average Bonchev–Trinajstić information content (AvgIpc) is 3.11.